The molecule has 0 amide bonds. The first-order valence-corrected chi connectivity index (χ1v) is 6.28. The SMILES string of the molecule is CCc1cc(NCCCC(C)Cl)nc(C)n1. The lowest BCUT2D eigenvalue weighted by molar-refractivity contribution is 0.748. The van der Waals surface area contributed by atoms with E-state index in [2.05, 4.69) is 22.2 Å². The standard InChI is InChI=1S/C12H20ClN3/c1-4-11-8-12(16-10(3)15-11)14-7-5-6-9(2)13/h8-9H,4-7H2,1-3H3,(H,14,15,16). The van der Waals surface area contributed by atoms with Gasteiger partial charge in [0.25, 0.3) is 0 Å². The van der Waals surface area contributed by atoms with Crippen LogP contribution in [0.3, 0.4) is 0 Å². The normalized spacial score (nSPS) is 12.5. The van der Waals surface area contributed by atoms with Crippen molar-refractivity contribution in [2.24, 2.45) is 0 Å². The maximum absolute atomic E-state index is 5.88. The number of aryl methyl sites for hydroxylation is 2. The van der Waals surface area contributed by atoms with Gasteiger partial charge in [-0.25, -0.2) is 9.97 Å². The summed E-state index contributed by atoms with van der Waals surface area (Å²) in [6.45, 7) is 6.95. The molecule has 0 radical (unpaired) electrons. The average Bonchev–Trinajstić information content (AvgIpc) is 2.23. The number of alkyl halides is 1. The summed E-state index contributed by atoms with van der Waals surface area (Å²) < 4.78 is 0. The van der Waals surface area contributed by atoms with Gasteiger partial charge in [0.05, 0.1) is 0 Å². The van der Waals surface area contributed by atoms with E-state index < -0.39 is 0 Å². The Hall–Kier alpha value is -0.830. The number of hydrogen-bond donors (Lipinski definition) is 1. The third-order valence-corrected chi connectivity index (χ3v) is 2.56. The Bertz CT molecular complexity index is 326. The minimum absolute atomic E-state index is 0.250. The number of nitrogens with zero attached hydrogens (tertiary/aromatic N) is 2. The van der Waals surface area contributed by atoms with E-state index in [1.807, 2.05) is 19.9 Å². The molecule has 90 valence electrons. The summed E-state index contributed by atoms with van der Waals surface area (Å²) in [5.41, 5.74) is 1.08. The van der Waals surface area contributed by atoms with Crippen LogP contribution in [-0.2, 0) is 6.42 Å². The molecule has 1 unspecified atom stereocenters. The summed E-state index contributed by atoms with van der Waals surface area (Å²) in [6.07, 6.45) is 3.03. The van der Waals surface area contributed by atoms with Crippen molar-refractivity contribution >= 4 is 17.4 Å². The van der Waals surface area contributed by atoms with Crippen LogP contribution in [0.15, 0.2) is 6.07 Å². The lowest BCUT2D eigenvalue weighted by atomic mass is 10.2. The molecule has 3 nitrogen and oxygen atoms in total. The van der Waals surface area contributed by atoms with Crippen LogP contribution in [0.1, 0.15) is 38.2 Å². The van der Waals surface area contributed by atoms with Crippen LogP contribution in [0.2, 0.25) is 0 Å². The van der Waals surface area contributed by atoms with Gasteiger partial charge >= 0.3 is 0 Å². The number of aromatic nitrogens is 2. The molecule has 0 fully saturated rings. The molecule has 0 bridgehead atoms. The van der Waals surface area contributed by atoms with Gasteiger partial charge in [-0.15, -0.1) is 11.6 Å². The second-order valence-corrected chi connectivity index (χ2v) is 4.74. The van der Waals surface area contributed by atoms with E-state index in [1.165, 1.54) is 0 Å². The zero-order valence-corrected chi connectivity index (χ0v) is 11.0. The third-order valence-electron chi connectivity index (χ3n) is 2.34. The number of nitrogens with one attached hydrogen (secondary N) is 1. The maximum Gasteiger partial charge on any atom is 0.129 e. The highest BCUT2D eigenvalue weighted by Gasteiger charge is 2.00. The van der Waals surface area contributed by atoms with Crippen molar-refractivity contribution in [1.82, 2.24) is 9.97 Å². The molecule has 0 aliphatic heterocycles. The second-order valence-electron chi connectivity index (χ2n) is 4.00. The van der Waals surface area contributed by atoms with Gasteiger partial charge in [0.1, 0.15) is 11.6 Å². The molecule has 0 saturated carbocycles. The molecule has 0 aromatic carbocycles. The van der Waals surface area contributed by atoms with Gasteiger partial charge in [-0.2, -0.15) is 0 Å². The Morgan fingerprint density at radius 1 is 1.44 bits per heavy atom. The molecular formula is C12H20ClN3. The van der Waals surface area contributed by atoms with Crippen molar-refractivity contribution in [1.29, 1.82) is 0 Å². The minimum Gasteiger partial charge on any atom is -0.370 e. The number of rotatable bonds is 6. The van der Waals surface area contributed by atoms with E-state index in [4.69, 9.17) is 11.6 Å². The fourth-order valence-electron chi connectivity index (χ4n) is 1.50. The zero-order valence-electron chi connectivity index (χ0n) is 10.3. The Morgan fingerprint density at radius 3 is 2.81 bits per heavy atom. The molecular weight excluding hydrogens is 222 g/mol. The molecule has 0 saturated heterocycles. The largest absolute Gasteiger partial charge is 0.370 e. The first kappa shape index (κ1) is 13.2. The molecule has 1 N–H and O–H groups in total. The number of halogens is 1. The molecule has 4 heteroatoms. The van der Waals surface area contributed by atoms with E-state index in [-0.39, 0.29) is 5.38 Å². The molecule has 1 rings (SSSR count). The molecule has 1 aromatic rings. The van der Waals surface area contributed by atoms with Crippen LogP contribution < -0.4 is 5.32 Å². The summed E-state index contributed by atoms with van der Waals surface area (Å²) >= 11 is 5.88. The van der Waals surface area contributed by atoms with Gasteiger partial charge in [0.2, 0.25) is 0 Å². The van der Waals surface area contributed by atoms with Gasteiger partial charge in [-0.1, -0.05) is 6.92 Å². The quantitative estimate of drug-likeness (QED) is 0.614. The summed E-state index contributed by atoms with van der Waals surface area (Å²) in [6, 6.07) is 2.01. The van der Waals surface area contributed by atoms with E-state index in [0.717, 1.165) is 43.1 Å². The fourth-order valence-corrected chi connectivity index (χ4v) is 1.66. The monoisotopic (exact) mass is 241 g/mol. The average molecular weight is 242 g/mol. The van der Waals surface area contributed by atoms with Crippen molar-refractivity contribution in [3.8, 4) is 0 Å². The van der Waals surface area contributed by atoms with Gasteiger partial charge in [-0.3, -0.25) is 0 Å². The fraction of sp³-hybridized carbons (Fsp3) is 0.667. The Labute approximate surface area is 103 Å². The summed E-state index contributed by atoms with van der Waals surface area (Å²) in [5.74, 6) is 1.75. The predicted octanol–water partition coefficient (Wildman–Crippen LogP) is 3.17. The van der Waals surface area contributed by atoms with Crippen LogP contribution in [0.5, 0.6) is 0 Å². The maximum atomic E-state index is 5.88. The van der Waals surface area contributed by atoms with E-state index >= 15 is 0 Å². The van der Waals surface area contributed by atoms with Gasteiger partial charge < -0.3 is 5.32 Å². The highest BCUT2D eigenvalue weighted by atomic mass is 35.5. The lowest BCUT2D eigenvalue weighted by Crippen LogP contribution is -2.07. The Kier molecular flexibility index (Phi) is 5.53. The number of anilines is 1. The highest BCUT2D eigenvalue weighted by Crippen LogP contribution is 2.08. The first-order chi connectivity index (χ1) is 7.61. The summed E-state index contributed by atoms with van der Waals surface area (Å²) in [7, 11) is 0. The van der Waals surface area contributed by atoms with Crippen molar-refractivity contribution in [2.45, 2.75) is 45.4 Å². The smallest absolute Gasteiger partial charge is 0.129 e. The van der Waals surface area contributed by atoms with Gasteiger partial charge in [0, 0.05) is 23.7 Å². The summed E-state index contributed by atoms with van der Waals surface area (Å²) in [5, 5.41) is 3.56. The molecule has 0 aliphatic rings. The van der Waals surface area contributed by atoms with Crippen LogP contribution in [0.4, 0.5) is 5.82 Å². The van der Waals surface area contributed by atoms with Crippen LogP contribution >= 0.6 is 11.6 Å². The highest BCUT2D eigenvalue weighted by molar-refractivity contribution is 6.20. The Balaban J connectivity index is 2.44. The number of hydrogen-bond acceptors (Lipinski definition) is 3. The lowest BCUT2D eigenvalue weighted by Gasteiger charge is -2.08. The Morgan fingerprint density at radius 2 is 2.19 bits per heavy atom. The van der Waals surface area contributed by atoms with Crippen molar-refractivity contribution in [3.05, 3.63) is 17.6 Å². The zero-order chi connectivity index (χ0) is 12.0. The second kappa shape index (κ2) is 6.69. The molecule has 1 heterocycles. The van der Waals surface area contributed by atoms with Crippen LogP contribution in [0, 0.1) is 6.92 Å². The molecule has 16 heavy (non-hydrogen) atoms. The van der Waals surface area contributed by atoms with Crippen molar-refractivity contribution < 1.29 is 0 Å². The molecule has 0 aliphatic carbocycles. The van der Waals surface area contributed by atoms with Crippen molar-refractivity contribution in [3.63, 3.8) is 0 Å². The summed E-state index contributed by atoms with van der Waals surface area (Å²) in [4.78, 5) is 8.68. The predicted molar refractivity (Wildman–Crippen MR) is 69.2 cm³/mol. The topological polar surface area (TPSA) is 37.8 Å². The van der Waals surface area contributed by atoms with E-state index in [9.17, 15) is 0 Å². The molecule has 0 spiro atoms. The molecule has 1 aromatic heterocycles. The van der Waals surface area contributed by atoms with Gasteiger partial charge in [-0.05, 0) is 33.1 Å². The van der Waals surface area contributed by atoms with Crippen molar-refractivity contribution in [2.75, 3.05) is 11.9 Å². The van der Waals surface area contributed by atoms with E-state index in [0.29, 0.717) is 0 Å². The molecule has 1 atom stereocenters. The third kappa shape index (κ3) is 4.79. The van der Waals surface area contributed by atoms with Gasteiger partial charge in [0.15, 0.2) is 0 Å². The van der Waals surface area contributed by atoms with Crippen LogP contribution in [0.25, 0.3) is 0 Å². The first-order valence-electron chi connectivity index (χ1n) is 5.84. The van der Waals surface area contributed by atoms with Crippen LogP contribution in [-0.4, -0.2) is 21.9 Å². The minimum atomic E-state index is 0.250. The van der Waals surface area contributed by atoms with E-state index in [1.54, 1.807) is 0 Å².